The molecule has 1 fully saturated rings. The SMILES string of the molecule is Cc1cnc(Nc2ccc3c(c2)COB3O)nc1N[C@@H]1CCCC[C@H]1C#N. The van der Waals surface area contributed by atoms with Gasteiger partial charge >= 0.3 is 7.12 Å². The third kappa shape index (κ3) is 3.75. The van der Waals surface area contributed by atoms with Gasteiger partial charge in [0, 0.05) is 23.5 Å². The van der Waals surface area contributed by atoms with Crippen molar-refractivity contribution >= 4 is 30.0 Å². The number of aryl methyl sites for hydroxylation is 1. The molecule has 1 aromatic carbocycles. The Morgan fingerprint density at radius 1 is 1.33 bits per heavy atom. The molecule has 2 atom stereocenters. The van der Waals surface area contributed by atoms with Crippen molar-refractivity contribution in [3.63, 3.8) is 0 Å². The van der Waals surface area contributed by atoms with Crippen LogP contribution in [0.1, 0.15) is 36.8 Å². The van der Waals surface area contributed by atoms with E-state index >= 15 is 0 Å². The Bertz CT molecular complexity index is 885. The van der Waals surface area contributed by atoms with Crippen LogP contribution >= 0.6 is 0 Å². The molecular formula is C19H22BN5O2. The highest BCUT2D eigenvalue weighted by atomic mass is 16.5. The van der Waals surface area contributed by atoms with Crippen molar-refractivity contribution < 1.29 is 9.68 Å². The van der Waals surface area contributed by atoms with E-state index in [2.05, 4.69) is 26.7 Å². The Morgan fingerprint density at radius 2 is 2.19 bits per heavy atom. The van der Waals surface area contributed by atoms with E-state index in [-0.39, 0.29) is 12.0 Å². The molecule has 0 saturated heterocycles. The van der Waals surface area contributed by atoms with E-state index in [9.17, 15) is 10.3 Å². The van der Waals surface area contributed by atoms with Gasteiger partial charge in [-0.3, -0.25) is 0 Å². The minimum atomic E-state index is -0.843. The maximum absolute atomic E-state index is 9.73. The topological polar surface area (TPSA) is 103 Å². The monoisotopic (exact) mass is 363 g/mol. The van der Waals surface area contributed by atoms with Gasteiger partial charge in [0.25, 0.3) is 0 Å². The van der Waals surface area contributed by atoms with Gasteiger partial charge in [0.05, 0.1) is 18.6 Å². The molecule has 0 amide bonds. The van der Waals surface area contributed by atoms with Crippen molar-refractivity contribution in [2.75, 3.05) is 10.6 Å². The van der Waals surface area contributed by atoms with Crippen LogP contribution in [0.2, 0.25) is 0 Å². The predicted octanol–water partition coefficient (Wildman–Crippen LogP) is 2.24. The zero-order valence-electron chi connectivity index (χ0n) is 15.3. The number of nitriles is 1. The summed E-state index contributed by atoms with van der Waals surface area (Å²) < 4.78 is 5.23. The number of hydrogen-bond acceptors (Lipinski definition) is 7. The van der Waals surface area contributed by atoms with Gasteiger partial charge in [-0.05, 0) is 42.9 Å². The third-order valence-electron chi connectivity index (χ3n) is 5.29. The zero-order valence-corrected chi connectivity index (χ0v) is 15.3. The van der Waals surface area contributed by atoms with Crippen molar-refractivity contribution in [2.45, 2.75) is 45.3 Å². The van der Waals surface area contributed by atoms with Gasteiger partial charge in [-0.25, -0.2) is 4.98 Å². The van der Waals surface area contributed by atoms with E-state index in [4.69, 9.17) is 4.65 Å². The van der Waals surface area contributed by atoms with E-state index in [0.29, 0.717) is 12.6 Å². The van der Waals surface area contributed by atoms with E-state index in [1.54, 1.807) is 6.20 Å². The van der Waals surface area contributed by atoms with Crippen LogP contribution in [0.4, 0.5) is 17.5 Å². The summed E-state index contributed by atoms with van der Waals surface area (Å²) in [6, 6.07) is 8.21. The van der Waals surface area contributed by atoms with Crippen molar-refractivity contribution in [2.24, 2.45) is 5.92 Å². The molecule has 1 aliphatic heterocycles. The van der Waals surface area contributed by atoms with Crippen molar-refractivity contribution in [1.82, 2.24) is 9.97 Å². The maximum Gasteiger partial charge on any atom is 0.491 e. The van der Waals surface area contributed by atoms with Crippen LogP contribution in [-0.2, 0) is 11.3 Å². The van der Waals surface area contributed by atoms with Crippen LogP contribution in [0.5, 0.6) is 0 Å². The van der Waals surface area contributed by atoms with Gasteiger partial charge < -0.3 is 20.3 Å². The Kier molecular flexibility index (Phi) is 4.97. The number of nitrogens with zero attached hydrogens (tertiary/aromatic N) is 3. The fourth-order valence-electron chi connectivity index (χ4n) is 3.72. The molecule has 2 aliphatic rings. The summed E-state index contributed by atoms with van der Waals surface area (Å²) in [6.07, 6.45) is 5.95. The first-order valence-corrected chi connectivity index (χ1v) is 9.33. The highest BCUT2D eigenvalue weighted by molar-refractivity contribution is 6.61. The Morgan fingerprint density at radius 3 is 3.04 bits per heavy atom. The lowest BCUT2D eigenvalue weighted by atomic mass is 9.79. The van der Waals surface area contributed by atoms with Crippen LogP contribution in [0.25, 0.3) is 0 Å². The predicted molar refractivity (Wildman–Crippen MR) is 104 cm³/mol. The van der Waals surface area contributed by atoms with Gasteiger partial charge in [-0.1, -0.05) is 18.9 Å². The lowest BCUT2D eigenvalue weighted by Crippen LogP contribution is -2.32. The second kappa shape index (κ2) is 7.55. The molecule has 2 aromatic rings. The quantitative estimate of drug-likeness (QED) is 0.716. The molecule has 7 nitrogen and oxygen atoms in total. The van der Waals surface area contributed by atoms with Crippen LogP contribution in [-0.4, -0.2) is 28.2 Å². The molecule has 0 unspecified atom stereocenters. The van der Waals surface area contributed by atoms with E-state index in [0.717, 1.165) is 53.8 Å². The average Bonchev–Trinajstić information content (AvgIpc) is 3.05. The molecule has 1 aromatic heterocycles. The fourth-order valence-corrected chi connectivity index (χ4v) is 3.72. The van der Waals surface area contributed by atoms with Gasteiger partial charge in [-0.2, -0.15) is 10.2 Å². The van der Waals surface area contributed by atoms with Gasteiger partial charge in [0.2, 0.25) is 5.95 Å². The molecule has 0 radical (unpaired) electrons. The normalized spacial score (nSPS) is 21.4. The van der Waals surface area contributed by atoms with Crippen molar-refractivity contribution in [1.29, 1.82) is 5.26 Å². The second-order valence-electron chi connectivity index (χ2n) is 7.20. The molecular weight excluding hydrogens is 341 g/mol. The highest BCUT2D eigenvalue weighted by Crippen LogP contribution is 2.28. The smallest absolute Gasteiger partial charge is 0.423 e. The van der Waals surface area contributed by atoms with Gasteiger partial charge in [0.1, 0.15) is 5.82 Å². The molecule has 8 heteroatoms. The second-order valence-corrected chi connectivity index (χ2v) is 7.20. The maximum atomic E-state index is 9.73. The van der Waals surface area contributed by atoms with E-state index in [1.807, 2.05) is 25.1 Å². The van der Waals surface area contributed by atoms with Crippen molar-refractivity contribution in [3.8, 4) is 6.07 Å². The minimum absolute atomic E-state index is 0.0210. The Hall–Kier alpha value is -2.63. The summed E-state index contributed by atoms with van der Waals surface area (Å²) >= 11 is 0. The summed E-state index contributed by atoms with van der Waals surface area (Å²) in [5.74, 6) is 1.28. The fraction of sp³-hybridized carbons (Fsp3) is 0.421. The molecule has 2 heterocycles. The number of hydrogen-bond donors (Lipinski definition) is 3. The lowest BCUT2D eigenvalue weighted by Gasteiger charge is -2.28. The van der Waals surface area contributed by atoms with Crippen molar-refractivity contribution in [3.05, 3.63) is 35.5 Å². The first-order valence-electron chi connectivity index (χ1n) is 9.33. The minimum Gasteiger partial charge on any atom is -0.423 e. The molecule has 1 aliphatic carbocycles. The molecule has 0 spiro atoms. The van der Waals surface area contributed by atoms with Crippen LogP contribution in [0, 0.1) is 24.2 Å². The Balaban J connectivity index is 1.51. The molecule has 27 heavy (non-hydrogen) atoms. The standard InChI is InChI=1S/C19H22BN5O2/c1-12-10-22-19(23-15-6-7-16-14(8-15)11-27-20(16)26)25-18(12)24-17-5-3-2-4-13(17)9-21/h6-8,10,13,17,26H,2-5,11H2,1H3,(H2,22,23,24,25)/t13-,17+/m0/s1. The molecule has 138 valence electrons. The zero-order chi connectivity index (χ0) is 18.8. The molecule has 0 bridgehead atoms. The number of aromatic nitrogens is 2. The number of fused-ring (bicyclic) bond motifs is 1. The number of anilines is 3. The molecule has 1 saturated carbocycles. The molecule has 4 rings (SSSR count). The molecule has 3 N–H and O–H groups in total. The van der Waals surface area contributed by atoms with Crippen LogP contribution < -0.4 is 16.1 Å². The summed E-state index contributed by atoms with van der Waals surface area (Å²) in [5.41, 5.74) is 3.55. The van der Waals surface area contributed by atoms with E-state index < -0.39 is 7.12 Å². The lowest BCUT2D eigenvalue weighted by molar-refractivity contribution is 0.275. The summed E-state index contributed by atoms with van der Waals surface area (Å²) in [5, 5.41) is 25.8. The van der Waals surface area contributed by atoms with Crippen LogP contribution in [0.3, 0.4) is 0 Å². The largest absolute Gasteiger partial charge is 0.491 e. The number of nitrogens with one attached hydrogen (secondary N) is 2. The summed E-state index contributed by atoms with van der Waals surface area (Å²) in [4.78, 5) is 8.98. The third-order valence-corrected chi connectivity index (χ3v) is 5.29. The summed E-state index contributed by atoms with van der Waals surface area (Å²) in [7, 11) is -0.843. The first-order chi connectivity index (χ1) is 13.1. The average molecular weight is 363 g/mol. The van der Waals surface area contributed by atoms with Gasteiger partial charge in [-0.15, -0.1) is 0 Å². The number of benzene rings is 1. The highest BCUT2D eigenvalue weighted by Gasteiger charge is 2.27. The van der Waals surface area contributed by atoms with Gasteiger partial charge in [0.15, 0.2) is 0 Å². The summed E-state index contributed by atoms with van der Waals surface area (Å²) in [6.45, 7) is 2.36. The first kappa shape index (κ1) is 17.8. The number of rotatable bonds is 4. The van der Waals surface area contributed by atoms with E-state index in [1.165, 1.54) is 0 Å². The Labute approximate surface area is 158 Å². The van der Waals surface area contributed by atoms with Crippen LogP contribution in [0.15, 0.2) is 24.4 Å².